The zero-order chi connectivity index (χ0) is 11.3. The molecule has 0 aliphatic carbocycles. The number of carbonyl (C=O) groups is 1. The summed E-state index contributed by atoms with van der Waals surface area (Å²) >= 11 is 3.03. The van der Waals surface area contributed by atoms with Crippen molar-refractivity contribution in [2.75, 3.05) is 5.32 Å². The van der Waals surface area contributed by atoms with Crippen LogP contribution < -0.4 is 5.32 Å². The average Bonchev–Trinajstić information content (AvgIpc) is 2.20. The highest BCUT2D eigenvalue weighted by molar-refractivity contribution is 9.10. The van der Waals surface area contributed by atoms with Crippen molar-refractivity contribution < 1.29 is 9.18 Å². The maximum Gasteiger partial charge on any atom is 0.225 e. The fraction of sp³-hybridized carbons (Fsp3) is 0.182. The lowest BCUT2D eigenvalue weighted by molar-refractivity contribution is -0.116. The first kappa shape index (κ1) is 11.7. The smallest absolute Gasteiger partial charge is 0.225 e. The van der Waals surface area contributed by atoms with Crippen LogP contribution in [-0.4, -0.2) is 5.91 Å². The zero-order valence-electron chi connectivity index (χ0n) is 7.89. The van der Waals surface area contributed by atoms with Gasteiger partial charge in [-0.2, -0.15) is 0 Å². The van der Waals surface area contributed by atoms with E-state index in [4.69, 9.17) is 6.42 Å². The molecule has 0 unspecified atom stereocenters. The molecule has 0 aliphatic heterocycles. The molecule has 0 aliphatic rings. The molecule has 0 atom stereocenters. The maximum atomic E-state index is 12.9. The highest BCUT2D eigenvalue weighted by Gasteiger charge is 2.03. The Labute approximate surface area is 96.0 Å². The van der Waals surface area contributed by atoms with Gasteiger partial charge in [-0.15, -0.1) is 12.3 Å². The van der Waals surface area contributed by atoms with Gasteiger partial charge in [0, 0.05) is 18.5 Å². The quantitative estimate of drug-likeness (QED) is 0.840. The van der Waals surface area contributed by atoms with Gasteiger partial charge in [-0.3, -0.25) is 4.79 Å². The molecule has 4 heteroatoms. The number of rotatable bonds is 3. The Balaban J connectivity index is 2.62. The van der Waals surface area contributed by atoms with E-state index in [1.165, 1.54) is 18.2 Å². The standard InChI is InChI=1S/C11H9BrFNO/c1-2-3-4-11(15)14-8-5-6-10(13)9(12)7-8/h1,5-7H,3-4H2,(H,14,15). The molecule has 0 heterocycles. The lowest BCUT2D eigenvalue weighted by Crippen LogP contribution is -2.10. The van der Waals surface area contributed by atoms with Gasteiger partial charge in [0.25, 0.3) is 0 Å². The van der Waals surface area contributed by atoms with Crippen LogP contribution in [0.3, 0.4) is 0 Å². The fourth-order valence-corrected chi connectivity index (χ4v) is 1.36. The van der Waals surface area contributed by atoms with E-state index in [1.807, 2.05) is 0 Å². The lowest BCUT2D eigenvalue weighted by Gasteiger charge is -2.04. The topological polar surface area (TPSA) is 29.1 Å². The second kappa shape index (κ2) is 5.52. The summed E-state index contributed by atoms with van der Waals surface area (Å²) in [6.07, 6.45) is 5.69. The fourth-order valence-electron chi connectivity index (χ4n) is 0.983. The minimum Gasteiger partial charge on any atom is -0.326 e. The van der Waals surface area contributed by atoms with Crippen LogP contribution in [0.2, 0.25) is 0 Å². The molecule has 1 N–H and O–H groups in total. The highest BCUT2D eigenvalue weighted by Crippen LogP contribution is 2.20. The van der Waals surface area contributed by atoms with Crippen LogP contribution in [0, 0.1) is 18.2 Å². The van der Waals surface area contributed by atoms with Gasteiger partial charge in [0.1, 0.15) is 5.82 Å². The van der Waals surface area contributed by atoms with Gasteiger partial charge in [0.15, 0.2) is 0 Å². The third kappa shape index (κ3) is 3.72. The van der Waals surface area contributed by atoms with Crippen molar-refractivity contribution in [1.29, 1.82) is 0 Å². The van der Waals surface area contributed by atoms with Crippen molar-refractivity contribution in [3.8, 4) is 12.3 Å². The monoisotopic (exact) mass is 269 g/mol. The van der Waals surface area contributed by atoms with Gasteiger partial charge in [-0.05, 0) is 34.1 Å². The second-order valence-corrected chi connectivity index (χ2v) is 3.74. The third-order valence-electron chi connectivity index (χ3n) is 1.70. The third-order valence-corrected chi connectivity index (χ3v) is 2.31. The molecule has 0 fully saturated rings. The van der Waals surface area contributed by atoms with Crippen LogP contribution >= 0.6 is 15.9 Å². The first-order valence-corrected chi connectivity index (χ1v) is 5.11. The minimum atomic E-state index is -0.364. The molecule has 0 bridgehead atoms. The Hall–Kier alpha value is -1.34. The van der Waals surface area contributed by atoms with Crippen molar-refractivity contribution in [3.05, 3.63) is 28.5 Å². The van der Waals surface area contributed by atoms with Crippen molar-refractivity contribution >= 4 is 27.5 Å². The summed E-state index contributed by atoms with van der Waals surface area (Å²) in [5.74, 6) is 1.84. The molecule has 1 amide bonds. The number of benzene rings is 1. The summed E-state index contributed by atoms with van der Waals surface area (Å²) in [6, 6.07) is 4.28. The van der Waals surface area contributed by atoms with Crippen LogP contribution in [0.1, 0.15) is 12.8 Å². The van der Waals surface area contributed by atoms with Crippen LogP contribution in [0.4, 0.5) is 10.1 Å². The van der Waals surface area contributed by atoms with Crippen LogP contribution in [0.25, 0.3) is 0 Å². The van der Waals surface area contributed by atoms with E-state index < -0.39 is 0 Å². The molecule has 0 radical (unpaired) electrons. The summed E-state index contributed by atoms with van der Waals surface area (Å²) in [4.78, 5) is 11.3. The molecule has 0 aromatic heterocycles. The van der Waals surface area contributed by atoms with E-state index >= 15 is 0 Å². The molecule has 15 heavy (non-hydrogen) atoms. The summed E-state index contributed by atoms with van der Waals surface area (Å²) in [5, 5.41) is 2.61. The van der Waals surface area contributed by atoms with E-state index in [1.54, 1.807) is 0 Å². The van der Waals surface area contributed by atoms with Gasteiger partial charge in [0.2, 0.25) is 5.91 Å². The molecule has 1 aromatic rings. The van der Waals surface area contributed by atoms with Crippen molar-refractivity contribution in [1.82, 2.24) is 0 Å². The van der Waals surface area contributed by atoms with E-state index in [0.29, 0.717) is 16.6 Å². The number of carbonyl (C=O) groups excluding carboxylic acids is 1. The van der Waals surface area contributed by atoms with Gasteiger partial charge in [-0.1, -0.05) is 0 Å². The van der Waals surface area contributed by atoms with Crippen molar-refractivity contribution in [2.45, 2.75) is 12.8 Å². The van der Waals surface area contributed by atoms with E-state index in [0.717, 1.165) is 0 Å². The average molecular weight is 270 g/mol. The Morgan fingerprint density at radius 1 is 1.60 bits per heavy atom. The Morgan fingerprint density at radius 3 is 2.93 bits per heavy atom. The Bertz CT molecular complexity index is 412. The van der Waals surface area contributed by atoms with Crippen molar-refractivity contribution in [3.63, 3.8) is 0 Å². The summed E-state index contributed by atoms with van der Waals surface area (Å²) in [6.45, 7) is 0. The molecular weight excluding hydrogens is 261 g/mol. The zero-order valence-corrected chi connectivity index (χ0v) is 9.47. The SMILES string of the molecule is C#CCCC(=O)Nc1ccc(F)c(Br)c1. The second-order valence-electron chi connectivity index (χ2n) is 2.88. The number of amides is 1. The van der Waals surface area contributed by atoms with Gasteiger partial charge in [-0.25, -0.2) is 4.39 Å². The molecular formula is C11H9BrFNO. The number of hydrogen-bond donors (Lipinski definition) is 1. The highest BCUT2D eigenvalue weighted by atomic mass is 79.9. The predicted octanol–water partition coefficient (Wildman–Crippen LogP) is 2.94. The first-order valence-electron chi connectivity index (χ1n) is 4.32. The summed E-state index contributed by atoms with van der Waals surface area (Å²) < 4.78 is 13.2. The van der Waals surface area contributed by atoms with Gasteiger partial charge in [0.05, 0.1) is 4.47 Å². The van der Waals surface area contributed by atoms with E-state index in [2.05, 4.69) is 27.2 Å². The normalized spacial score (nSPS) is 9.40. The van der Waals surface area contributed by atoms with Crippen LogP contribution in [-0.2, 0) is 4.79 Å². The molecule has 78 valence electrons. The number of terminal acetylenes is 1. The first-order chi connectivity index (χ1) is 7.13. The Morgan fingerprint density at radius 2 is 2.33 bits per heavy atom. The summed E-state index contributed by atoms with van der Waals surface area (Å²) in [5.41, 5.74) is 0.547. The van der Waals surface area contributed by atoms with Gasteiger partial charge < -0.3 is 5.32 Å². The molecule has 1 rings (SSSR count). The summed E-state index contributed by atoms with van der Waals surface area (Å²) in [7, 11) is 0. The molecule has 0 saturated carbocycles. The number of hydrogen-bond acceptors (Lipinski definition) is 1. The number of nitrogens with one attached hydrogen (secondary N) is 1. The number of anilines is 1. The van der Waals surface area contributed by atoms with Crippen LogP contribution in [0.5, 0.6) is 0 Å². The number of halogens is 2. The molecule has 2 nitrogen and oxygen atoms in total. The minimum absolute atomic E-state index is 0.175. The molecule has 1 aromatic carbocycles. The van der Waals surface area contributed by atoms with Crippen LogP contribution in [0.15, 0.2) is 22.7 Å². The predicted molar refractivity (Wildman–Crippen MR) is 60.8 cm³/mol. The lowest BCUT2D eigenvalue weighted by atomic mass is 10.2. The maximum absolute atomic E-state index is 12.9. The van der Waals surface area contributed by atoms with E-state index in [9.17, 15) is 9.18 Å². The van der Waals surface area contributed by atoms with Crippen molar-refractivity contribution in [2.24, 2.45) is 0 Å². The molecule has 0 spiro atoms. The largest absolute Gasteiger partial charge is 0.326 e. The Kier molecular flexibility index (Phi) is 4.32. The van der Waals surface area contributed by atoms with Gasteiger partial charge >= 0.3 is 0 Å². The van der Waals surface area contributed by atoms with E-state index in [-0.39, 0.29) is 18.1 Å². The molecule has 0 saturated heterocycles.